The summed E-state index contributed by atoms with van der Waals surface area (Å²) in [6.07, 6.45) is 3.58. The second-order valence-corrected chi connectivity index (χ2v) is 4.60. The van der Waals surface area contributed by atoms with Crippen LogP contribution in [0.15, 0.2) is 36.7 Å². The summed E-state index contributed by atoms with van der Waals surface area (Å²) in [5, 5.41) is 9.62. The molecular formula is C14H16N4O2. The van der Waals surface area contributed by atoms with Gasteiger partial charge in [-0.25, -0.2) is 4.79 Å². The highest BCUT2D eigenvalue weighted by atomic mass is 16.5. The van der Waals surface area contributed by atoms with E-state index >= 15 is 0 Å². The molecule has 2 heterocycles. The molecule has 2 N–H and O–H groups in total. The number of benzene rings is 1. The first-order valence-corrected chi connectivity index (χ1v) is 6.56. The van der Waals surface area contributed by atoms with Gasteiger partial charge in [-0.3, -0.25) is 5.10 Å². The van der Waals surface area contributed by atoms with Crippen LogP contribution in [-0.4, -0.2) is 47.4 Å². The summed E-state index contributed by atoms with van der Waals surface area (Å²) >= 11 is 0. The molecule has 2 aromatic rings. The molecule has 0 atom stereocenters. The monoisotopic (exact) mass is 272 g/mol. The van der Waals surface area contributed by atoms with Crippen molar-refractivity contribution in [2.75, 3.05) is 31.6 Å². The van der Waals surface area contributed by atoms with E-state index in [9.17, 15) is 4.79 Å². The van der Waals surface area contributed by atoms with Gasteiger partial charge >= 0.3 is 6.03 Å². The van der Waals surface area contributed by atoms with Crippen LogP contribution in [0, 0.1) is 0 Å². The van der Waals surface area contributed by atoms with Crippen molar-refractivity contribution >= 4 is 11.7 Å². The Labute approximate surface area is 116 Å². The van der Waals surface area contributed by atoms with Gasteiger partial charge in [0.2, 0.25) is 0 Å². The quantitative estimate of drug-likeness (QED) is 0.877. The molecule has 0 spiro atoms. The van der Waals surface area contributed by atoms with Crippen molar-refractivity contribution < 1.29 is 9.53 Å². The van der Waals surface area contributed by atoms with Crippen molar-refractivity contribution in [1.82, 2.24) is 15.1 Å². The molecule has 1 aliphatic heterocycles. The fraction of sp³-hybridized carbons (Fsp3) is 0.286. The van der Waals surface area contributed by atoms with Crippen LogP contribution in [0.2, 0.25) is 0 Å². The summed E-state index contributed by atoms with van der Waals surface area (Å²) in [5.41, 5.74) is 2.78. The Balaban J connectivity index is 1.71. The standard InChI is InChI=1S/C14H16N4O2/c19-14(18-4-6-20-7-5-18)17-13-3-1-2-11(8-13)12-9-15-16-10-12/h1-3,8-10H,4-7H2,(H,15,16)(H,17,19). The topological polar surface area (TPSA) is 70.2 Å². The summed E-state index contributed by atoms with van der Waals surface area (Å²) in [5.74, 6) is 0. The molecule has 0 saturated carbocycles. The maximum absolute atomic E-state index is 12.1. The third kappa shape index (κ3) is 2.80. The molecule has 0 aliphatic carbocycles. The van der Waals surface area contributed by atoms with Gasteiger partial charge in [0.15, 0.2) is 0 Å². The summed E-state index contributed by atoms with van der Waals surface area (Å²) in [6, 6.07) is 7.62. The zero-order chi connectivity index (χ0) is 13.8. The first-order valence-electron chi connectivity index (χ1n) is 6.56. The van der Waals surface area contributed by atoms with E-state index in [1.807, 2.05) is 30.5 Å². The predicted octanol–water partition coefficient (Wildman–Crippen LogP) is 1.94. The van der Waals surface area contributed by atoms with E-state index in [1.54, 1.807) is 11.1 Å². The molecule has 0 unspecified atom stereocenters. The lowest BCUT2D eigenvalue weighted by atomic mass is 10.1. The molecule has 6 nitrogen and oxygen atoms in total. The minimum Gasteiger partial charge on any atom is -0.378 e. The van der Waals surface area contributed by atoms with Gasteiger partial charge in [0.1, 0.15) is 0 Å². The number of hydrogen-bond acceptors (Lipinski definition) is 3. The van der Waals surface area contributed by atoms with Crippen LogP contribution in [0.1, 0.15) is 0 Å². The Morgan fingerprint density at radius 2 is 2.15 bits per heavy atom. The minimum absolute atomic E-state index is 0.0855. The molecule has 1 aliphatic rings. The summed E-state index contributed by atoms with van der Waals surface area (Å²) < 4.78 is 5.24. The highest BCUT2D eigenvalue weighted by molar-refractivity contribution is 5.90. The lowest BCUT2D eigenvalue weighted by Gasteiger charge is -2.27. The van der Waals surface area contributed by atoms with Crippen molar-refractivity contribution in [3.8, 4) is 11.1 Å². The minimum atomic E-state index is -0.0855. The summed E-state index contributed by atoms with van der Waals surface area (Å²) in [7, 11) is 0. The van der Waals surface area contributed by atoms with Crippen LogP contribution in [0.25, 0.3) is 11.1 Å². The van der Waals surface area contributed by atoms with Gasteiger partial charge in [-0.05, 0) is 17.7 Å². The van der Waals surface area contributed by atoms with Crippen LogP contribution >= 0.6 is 0 Å². The molecule has 104 valence electrons. The molecule has 1 aromatic heterocycles. The van der Waals surface area contributed by atoms with Gasteiger partial charge in [0.05, 0.1) is 19.4 Å². The predicted molar refractivity (Wildman–Crippen MR) is 75.4 cm³/mol. The normalized spacial score (nSPS) is 15.1. The first-order chi connectivity index (χ1) is 9.83. The Morgan fingerprint density at radius 1 is 1.30 bits per heavy atom. The molecule has 20 heavy (non-hydrogen) atoms. The Bertz CT molecular complexity index is 577. The van der Waals surface area contributed by atoms with E-state index in [2.05, 4.69) is 15.5 Å². The fourth-order valence-corrected chi connectivity index (χ4v) is 2.15. The van der Waals surface area contributed by atoms with Gasteiger partial charge in [-0.2, -0.15) is 5.10 Å². The Hall–Kier alpha value is -2.34. The molecule has 6 heteroatoms. The average molecular weight is 272 g/mol. The maximum atomic E-state index is 12.1. The molecule has 2 amide bonds. The Morgan fingerprint density at radius 3 is 2.90 bits per heavy atom. The fourth-order valence-electron chi connectivity index (χ4n) is 2.15. The zero-order valence-electron chi connectivity index (χ0n) is 11.0. The van der Waals surface area contributed by atoms with E-state index < -0.39 is 0 Å². The molecule has 3 rings (SSSR count). The number of nitrogens with zero attached hydrogens (tertiary/aromatic N) is 2. The number of carbonyl (C=O) groups excluding carboxylic acids is 1. The van der Waals surface area contributed by atoms with Crippen molar-refractivity contribution in [2.24, 2.45) is 0 Å². The number of rotatable bonds is 2. The number of ether oxygens (including phenoxy) is 1. The molecule has 1 saturated heterocycles. The van der Waals surface area contributed by atoms with Gasteiger partial charge in [0, 0.05) is 30.5 Å². The lowest BCUT2D eigenvalue weighted by molar-refractivity contribution is 0.0564. The highest BCUT2D eigenvalue weighted by Gasteiger charge is 2.16. The van der Waals surface area contributed by atoms with Crippen LogP contribution in [-0.2, 0) is 4.74 Å². The largest absolute Gasteiger partial charge is 0.378 e. The maximum Gasteiger partial charge on any atom is 0.321 e. The second-order valence-electron chi connectivity index (χ2n) is 4.60. The summed E-state index contributed by atoms with van der Waals surface area (Å²) in [6.45, 7) is 2.46. The van der Waals surface area contributed by atoms with Crippen LogP contribution in [0.3, 0.4) is 0 Å². The van der Waals surface area contributed by atoms with Gasteiger partial charge in [-0.15, -0.1) is 0 Å². The smallest absolute Gasteiger partial charge is 0.321 e. The third-order valence-corrected chi connectivity index (χ3v) is 3.24. The van der Waals surface area contributed by atoms with Gasteiger partial charge < -0.3 is 15.0 Å². The van der Waals surface area contributed by atoms with Crippen LogP contribution in [0.5, 0.6) is 0 Å². The number of aromatic nitrogens is 2. The Kier molecular flexibility index (Phi) is 3.64. The first kappa shape index (κ1) is 12.7. The van der Waals surface area contributed by atoms with Crippen molar-refractivity contribution in [1.29, 1.82) is 0 Å². The van der Waals surface area contributed by atoms with E-state index in [4.69, 9.17) is 4.74 Å². The highest BCUT2D eigenvalue weighted by Crippen LogP contribution is 2.21. The number of aromatic amines is 1. The van der Waals surface area contributed by atoms with Crippen LogP contribution < -0.4 is 5.32 Å². The number of morpholine rings is 1. The molecular weight excluding hydrogens is 256 g/mol. The number of nitrogens with one attached hydrogen (secondary N) is 2. The zero-order valence-corrected chi connectivity index (χ0v) is 11.0. The van der Waals surface area contributed by atoms with Crippen LogP contribution in [0.4, 0.5) is 10.5 Å². The van der Waals surface area contributed by atoms with E-state index in [-0.39, 0.29) is 6.03 Å². The van der Waals surface area contributed by atoms with Crippen molar-refractivity contribution in [3.63, 3.8) is 0 Å². The number of H-pyrrole nitrogens is 1. The van der Waals surface area contributed by atoms with E-state index in [1.165, 1.54) is 0 Å². The molecule has 0 bridgehead atoms. The van der Waals surface area contributed by atoms with Gasteiger partial charge in [0.25, 0.3) is 0 Å². The van der Waals surface area contributed by atoms with Crippen molar-refractivity contribution in [3.05, 3.63) is 36.7 Å². The SMILES string of the molecule is O=C(Nc1cccc(-c2cn[nH]c2)c1)N1CCOCC1. The third-order valence-electron chi connectivity index (χ3n) is 3.24. The lowest BCUT2D eigenvalue weighted by Crippen LogP contribution is -2.43. The molecule has 1 fully saturated rings. The van der Waals surface area contributed by atoms with E-state index in [0.29, 0.717) is 26.3 Å². The van der Waals surface area contributed by atoms with E-state index in [0.717, 1.165) is 16.8 Å². The van der Waals surface area contributed by atoms with Gasteiger partial charge in [-0.1, -0.05) is 12.1 Å². The number of anilines is 1. The molecule has 1 aromatic carbocycles. The van der Waals surface area contributed by atoms with Crippen molar-refractivity contribution in [2.45, 2.75) is 0 Å². The number of urea groups is 1. The number of amides is 2. The number of hydrogen-bond donors (Lipinski definition) is 2. The number of carbonyl (C=O) groups is 1. The summed E-state index contributed by atoms with van der Waals surface area (Å²) in [4.78, 5) is 13.9. The average Bonchev–Trinajstić information content (AvgIpc) is 3.03. The molecule has 0 radical (unpaired) electrons. The second kappa shape index (κ2) is 5.75.